The van der Waals surface area contributed by atoms with E-state index in [0.29, 0.717) is 39.5 Å². The fourth-order valence-corrected chi connectivity index (χ4v) is 6.31. The summed E-state index contributed by atoms with van der Waals surface area (Å²) in [6, 6.07) is 37.7. The zero-order chi connectivity index (χ0) is 42.6. The van der Waals surface area contributed by atoms with Crippen LogP contribution in [-0.2, 0) is 32.1 Å². The third kappa shape index (κ3) is 10.4. The van der Waals surface area contributed by atoms with Crippen LogP contribution in [0.5, 0.6) is 17.4 Å². The summed E-state index contributed by atoms with van der Waals surface area (Å²) in [5.41, 5.74) is 2.42. The molecule has 5 aromatic carbocycles. The van der Waals surface area contributed by atoms with E-state index in [9.17, 15) is 24.0 Å². The van der Waals surface area contributed by atoms with Gasteiger partial charge < -0.3 is 34.6 Å². The van der Waals surface area contributed by atoms with Crippen molar-refractivity contribution < 1.29 is 33.4 Å². The number of fused-ring (bicyclic) bond motifs is 1. The van der Waals surface area contributed by atoms with Crippen molar-refractivity contribution in [3.05, 3.63) is 161 Å². The van der Waals surface area contributed by atoms with Gasteiger partial charge in [-0.05, 0) is 77.9 Å². The summed E-state index contributed by atoms with van der Waals surface area (Å²) in [6.07, 6.45) is 1.71. The number of ether oxygens (including phenoxy) is 3. The van der Waals surface area contributed by atoms with Crippen molar-refractivity contribution in [3.8, 4) is 17.4 Å². The van der Waals surface area contributed by atoms with Crippen LogP contribution < -0.4 is 40.2 Å². The van der Waals surface area contributed by atoms with Crippen LogP contribution in [0.3, 0.4) is 0 Å². The molecule has 0 aliphatic rings. The van der Waals surface area contributed by atoms with Gasteiger partial charge in [-0.3, -0.25) is 28.5 Å². The van der Waals surface area contributed by atoms with E-state index in [1.54, 1.807) is 125 Å². The number of carbonyl (C=O) groups excluding carboxylic acids is 4. The quantitative estimate of drug-likeness (QED) is 0.128. The van der Waals surface area contributed by atoms with E-state index in [-0.39, 0.29) is 18.0 Å². The van der Waals surface area contributed by atoms with Crippen LogP contribution in [0.1, 0.15) is 11.1 Å². The van der Waals surface area contributed by atoms with E-state index in [1.807, 2.05) is 36.4 Å². The molecule has 0 saturated heterocycles. The Balaban J connectivity index is 1.21. The molecule has 0 aliphatic heterocycles. The number of nitrogens with one attached hydrogen (secondary N) is 2. The number of hydrogen-bond donors (Lipinski definition) is 2. The number of aromatic nitrogens is 2. The van der Waals surface area contributed by atoms with Crippen molar-refractivity contribution in [1.29, 1.82) is 0 Å². The number of hydrogen-bond acceptors (Lipinski definition) is 9. The normalized spacial score (nSPS) is 11.6. The van der Waals surface area contributed by atoms with Crippen molar-refractivity contribution in [1.82, 2.24) is 20.2 Å². The van der Waals surface area contributed by atoms with E-state index in [0.717, 1.165) is 5.56 Å². The number of nitrogens with zero attached hydrogens (tertiary/aromatic N) is 4. The first-order valence-corrected chi connectivity index (χ1v) is 18.9. The maximum absolute atomic E-state index is 13.9. The van der Waals surface area contributed by atoms with Crippen molar-refractivity contribution in [3.63, 3.8) is 0 Å². The summed E-state index contributed by atoms with van der Waals surface area (Å²) in [7, 11) is 6.28. The summed E-state index contributed by atoms with van der Waals surface area (Å²) in [4.78, 5) is 76.1. The summed E-state index contributed by atoms with van der Waals surface area (Å²) in [5.74, 6) is -1.46. The molecule has 14 heteroatoms. The summed E-state index contributed by atoms with van der Waals surface area (Å²) in [5, 5.41) is 5.47. The second kappa shape index (κ2) is 19.6. The predicted molar refractivity (Wildman–Crippen MR) is 229 cm³/mol. The van der Waals surface area contributed by atoms with Crippen molar-refractivity contribution in [2.75, 3.05) is 44.7 Å². The minimum Gasteiger partial charge on any atom is -0.497 e. The van der Waals surface area contributed by atoms with Gasteiger partial charge in [-0.15, -0.1) is 0 Å². The lowest BCUT2D eigenvalue weighted by Crippen LogP contribution is -2.50. The van der Waals surface area contributed by atoms with E-state index < -0.39 is 48.4 Å². The number of anilines is 2. The third-order valence-electron chi connectivity index (χ3n) is 9.55. The fourth-order valence-electron chi connectivity index (χ4n) is 6.31. The molecule has 0 saturated carbocycles. The largest absolute Gasteiger partial charge is 0.497 e. The van der Waals surface area contributed by atoms with Crippen LogP contribution in [0.25, 0.3) is 17.1 Å². The van der Waals surface area contributed by atoms with Gasteiger partial charge in [0.25, 0.3) is 17.7 Å². The molecule has 6 aromatic rings. The molecule has 1 aromatic heterocycles. The highest BCUT2D eigenvalue weighted by atomic mass is 16.5. The molecule has 2 N–H and O–H groups in total. The van der Waals surface area contributed by atoms with Gasteiger partial charge in [-0.1, -0.05) is 72.8 Å². The molecule has 6 rings (SSSR count). The van der Waals surface area contributed by atoms with Crippen molar-refractivity contribution in [2.45, 2.75) is 19.0 Å². The summed E-state index contributed by atoms with van der Waals surface area (Å²) < 4.78 is 17.4. The van der Waals surface area contributed by atoms with E-state index in [4.69, 9.17) is 14.2 Å². The van der Waals surface area contributed by atoms with Crippen LogP contribution in [0.4, 0.5) is 11.4 Å². The van der Waals surface area contributed by atoms with Crippen LogP contribution in [0, 0.1) is 0 Å². The Morgan fingerprint density at radius 3 is 1.90 bits per heavy atom. The van der Waals surface area contributed by atoms with E-state index in [1.165, 1.54) is 20.4 Å². The lowest BCUT2D eigenvalue weighted by Gasteiger charge is -2.25. The molecule has 0 spiro atoms. The number of para-hydroxylation sites is 2. The van der Waals surface area contributed by atoms with Crippen LogP contribution >= 0.6 is 0 Å². The molecule has 306 valence electrons. The summed E-state index contributed by atoms with van der Waals surface area (Å²) in [6.45, 7) is -1.19. The Morgan fingerprint density at radius 1 is 0.717 bits per heavy atom. The molecule has 0 bridgehead atoms. The van der Waals surface area contributed by atoms with Gasteiger partial charge >= 0.3 is 5.56 Å². The van der Waals surface area contributed by atoms with Crippen LogP contribution in [0.15, 0.2) is 144 Å². The Bertz CT molecular complexity index is 2540. The predicted octanol–water partition coefficient (Wildman–Crippen LogP) is 5.00. The maximum atomic E-state index is 13.9. The SMILES string of the molecule is COc1ccc(N(C)C(=O)/C(=C/c2ccccc2)NC(=O)COc2nc3ccccc3n(CC(=O)N[C@@H](Cc3ccccc3)C(=O)N(C)c3ccc(OC)cc3)c2=O)cc1. The average molecular weight is 809 g/mol. The van der Waals surface area contributed by atoms with E-state index >= 15 is 0 Å². The minimum absolute atomic E-state index is 0.0501. The van der Waals surface area contributed by atoms with Gasteiger partial charge in [0, 0.05) is 31.9 Å². The van der Waals surface area contributed by atoms with Gasteiger partial charge in [0.2, 0.25) is 11.8 Å². The van der Waals surface area contributed by atoms with Crippen molar-refractivity contribution in [2.24, 2.45) is 0 Å². The Labute approximate surface area is 346 Å². The monoisotopic (exact) mass is 808 g/mol. The second-order valence-corrected chi connectivity index (χ2v) is 13.6. The number of likely N-dealkylation sites (N-methyl/N-ethyl adjacent to an activating group) is 2. The minimum atomic E-state index is -1.00. The topological polar surface area (TPSA) is 161 Å². The number of carbonyl (C=O) groups is 4. The van der Waals surface area contributed by atoms with E-state index in [2.05, 4.69) is 15.6 Å². The molecule has 60 heavy (non-hydrogen) atoms. The first-order chi connectivity index (χ1) is 29.0. The lowest BCUT2D eigenvalue weighted by atomic mass is 10.0. The van der Waals surface area contributed by atoms with Gasteiger partial charge in [-0.25, -0.2) is 4.98 Å². The highest BCUT2D eigenvalue weighted by molar-refractivity contribution is 6.10. The van der Waals surface area contributed by atoms with Gasteiger partial charge in [0.15, 0.2) is 6.61 Å². The molecule has 4 amide bonds. The second-order valence-electron chi connectivity index (χ2n) is 13.6. The molecule has 14 nitrogen and oxygen atoms in total. The van der Waals surface area contributed by atoms with Gasteiger partial charge in [0.1, 0.15) is 29.8 Å². The number of benzene rings is 5. The molecule has 0 unspecified atom stereocenters. The number of methoxy groups -OCH3 is 2. The first kappa shape index (κ1) is 41.9. The maximum Gasteiger partial charge on any atom is 0.314 e. The molecule has 0 fully saturated rings. The average Bonchev–Trinajstić information content (AvgIpc) is 3.28. The standard InChI is InChI=1S/C46H44N6O8/c1-50(33-19-23-35(58-3)24-20-33)44(55)38(27-31-13-7-5-8-14-31)47-41(53)29-52-40-18-12-11-17-37(40)49-43(46(52)57)60-30-42(54)48-39(28-32-15-9-6-10-16-32)45(56)51(2)34-21-25-36(59-4)26-22-34/h5-26,28,38H,27,29-30H2,1-4H3,(H,47,53)(H,48,54)/b39-28-/t38-/m0/s1. The molecule has 0 aliphatic carbocycles. The fraction of sp³-hybridized carbons (Fsp3) is 0.174. The van der Waals surface area contributed by atoms with Gasteiger partial charge in [-0.2, -0.15) is 0 Å². The zero-order valence-electron chi connectivity index (χ0n) is 33.5. The Hall–Kier alpha value is -7.74. The zero-order valence-corrected chi connectivity index (χ0v) is 33.5. The van der Waals surface area contributed by atoms with Gasteiger partial charge in [0.05, 0.1) is 25.3 Å². The molecular formula is C46H44N6O8. The molecule has 0 radical (unpaired) electrons. The number of amides is 4. The Morgan fingerprint density at radius 2 is 1.28 bits per heavy atom. The lowest BCUT2D eigenvalue weighted by molar-refractivity contribution is -0.127. The highest BCUT2D eigenvalue weighted by Gasteiger charge is 2.27. The number of rotatable bonds is 16. The Kier molecular flexibility index (Phi) is 13.7. The van der Waals surface area contributed by atoms with Crippen LogP contribution in [0.2, 0.25) is 0 Å². The highest BCUT2D eigenvalue weighted by Crippen LogP contribution is 2.22. The van der Waals surface area contributed by atoms with Crippen molar-refractivity contribution >= 4 is 52.1 Å². The molecule has 1 atom stereocenters. The first-order valence-electron chi connectivity index (χ1n) is 18.9. The molecular weight excluding hydrogens is 765 g/mol. The third-order valence-corrected chi connectivity index (χ3v) is 9.55. The molecule has 1 heterocycles. The smallest absolute Gasteiger partial charge is 0.314 e. The van der Waals surface area contributed by atoms with Crippen LogP contribution in [-0.4, -0.2) is 74.1 Å². The summed E-state index contributed by atoms with van der Waals surface area (Å²) >= 11 is 0.